The van der Waals surface area contributed by atoms with Crippen LogP contribution in [0.2, 0.25) is 0 Å². The highest BCUT2D eigenvalue weighted by atomic mass is 32.2. The number of nitrogens with zero attached hydrogens (tertiary/aromatic N) is 2. The molecule has 0 bridgehead atoms. The molecule has 4 rings (SSSR count). The smallest absolute Gasteiger partial charge is 0.324 e. The Kier molecular flexibility index (Phi) is 7.81. The largest absolute Gasteiger partial charge is 0.481 e. The molecule has 0 aliphatic heterocycles. The molecule has 0 spiro atoms. The maximum absolute atomic E-state index is 13.5. The van der Waals surface area contributed by atoms with Crippen LogP contribution in [0.3, 0.4) is 0 Å². The Morgan fingerprint density at radius 2 is 1.81 bits per heavy atom. The Morgan fingerprint density at radius 1 is 1.14 bits per heavy atom. The van der Waals surface area contributed by atoms with Gasteiger partial charge in [0.1, 0.15) is 15.9 Å². The van der Waals surface area contributed by atoms with E-state index in [1.807, 2.05) is 0 Å². The molecule has 37 heavy (non-hydrogen) atoms. The molecule has 2 heterocycles. The number of rotatable bonds is 10. The van der Waals surface area contributed by atoms with E-state index in [9.17, 15) is 23.1 Å². The summed E-state index contributed by atoms with van der Waals surface area (Å²) in [5, 5.41) is 12.6. The minimum absolute atomic E-state index is 0.0724. The first-order valence-corrected chi connectivity index (χ1v) is 14.3. The zero-order chi connectivity index (χ0) is 26.8. The number of methoxy groups -OCH3 is 1. The zero-order valence-electron chi connectivity index (χ0n) is 20.9. The Bertz CT molecular complexity index is 1400. The summed E-state index contributed by atoms with van der Waals surface area (Å²) < 4.78 is 32.8. The molecule has 0 saturated heterocycles. The van der Waals surface area contributed by atoms with Crippen LogP contribution >= 0.6 is 11.3 Å². The van der Waals surface area contributed by atoms with Gasteiger partial charge in [0.25, 0.3) is 0 Å². The molecule has 2 aromatic heterocycles. The maximum atomic E-state index is 13.5. The van der Waals surface area contributed by atoms with E-state index in [-0.39, 0.29) is 10.8 Å². The molecule has 0 radical (unpaired) electrons. The monoisotopic (exact) mass is 546 g/mol. The Morgan fingerprint density at radius 3 is 2.43 bits per heavy atom. The lowest BCUT2D eigenvalue weighted by Crippen LogP contribution is -2.49. The molecular weight excluding hydrogens is 516 g/mol. The van der Waals surface area contributed by atoms with Crippen LogP contribution < -0.4 is 14.8 Å². The highest BCUT2D eigenvalue weighted by molar-refractivity contribution is 7.89. The van der Waals surface area contributed by atoms with Crippen LogP contribution in [-0.2, 0) is 19.6 Å². The van der Waals surface area contributed by atoms with Crippen LogP contribution in [0.1, 0.15) is 57.4 Å². The fourth-order valence-electron chi connectivity index (χ4n) is 4.45. The average Bonchev–Trinajstić information content (AvgIpc) is 3.50. The number of amides is 1. The maximum Gasteiger partial charge on any atom is 0.324 e. The van der Waals surface area contributed by atoms with Crippen molar-refractivity contribution < 1.29 is 27.9 Å². The number of carbonyl (C=O) groups is 2. The van der Waals surface area contributed by atoms with Gasteiger partial charge in [0.15, 0.2) is 5.13 Å². The molecule has 0 unspecified atom stereocenters. The molecule has 1 aliphatic carbocycles. The number of anilines is 1. The highest BCUT2D eigenvalue weighted by Crippen LogP contribution is 2.36. The lowest BCUT2D eigenvalue weighted by molar-refractivity contribution is -0.142. The third-order valence-corrected chi connectivity index (χ3v) is 9.10. The van der Waals surface area contributed by atoms with Gasteiger partial charge in [-0.05, 0) is 49.9 Å². The number of carboxylic acid groups (broad SMARTS) is 1. The number of fused-ring (bicyclic) bond motifs is 1. The second-order valence-electron chi connectivity index (χ2n) is 9.73. The van der Waals surface area contributed by atoms with Gasteiger partial charge in [-0.25, -0.2) is 18.4 Å². The first-order chi connectivity index (χ1) is 17.5. The lowest BCUT2D eigenvalue weighted by Gasteiger charge is -2.22. The molecule has 198 valence electrons. The van der Waals surface area contributed by atoms with E-state index < -0.39 is 27.4 Å². The molecule has 1 atom stereocenters. The van der Waals surface area contributed by atoms with Crippen LogP contribution in [0.25, 0.3) is 10.3 Å². The van der Waals surface area contributed by atoms with E-state index in [0.717, 1.165) is 25.7 Å². The molecule has 3 N–H and O–H groups in total. The van der Waals surface area contributed by atoms with Crippen molar-refractivity contribution in [3.63, 3.8) is 0 Å². The van der Waals surface area contributed by atoms with Crippen molar-refractivity contribution in [1.82, 2.24) is 14.7 Å². The SMILES string of the molecule is COc1ccc2nc(NC(=O)[C@H](CC3CCCC3)c3ccc(S(=O)(=O)NC(C)(C)C(=O)O)cc3)sc2n1. The number of pyridine rings is 1. The predicted octanol–water partition coefficient (Wildman–Crippen LogP) is 4.14. The fourth-order valence-corrected chi connectivity index (χ4v) is 6.66. The van der Waals surface area contributed by atoms with Crippen molar-refractivity contribution in [1.29, 1.82) is 0 Å². The Hall–Kier alpha value is -3.09. The second-order valence-corrected chi connectivity index (χ2v) is 12.4. The zero-order valence-corrected chi connectivity index (χ0v) is 22.5. The van der Waals surface area contributed by atoms with Gasteiger partial charge < -0.3 is 15.2 Å². The van der Waals surface area contributed by atoms with Gasteiger partial charge in [-0.3, -0.25) is 9.59 Å². The van der Waals surface area contributed by atoms with Gasteiger partial charge >= 0.3 is 5.97 Å². The number of carboxylic acids is 1. The standard InChI is InChI=1S/C25H30N4O6S2/c1-25(2,23(31)32)29-37(33,34)17-10-8-16(9-11-17)18(14-15-6-4-5-7-15)21(30)28-24-26-19-12-13-20(35-3)27-22(19)36-24/h8-13,15,18,29H,4-7,14H2,1-3H3,(H,31,32)(H,26,28,30)/t18-/m1/s1. The summed E-state index contributed by atoms with van der Waals surface area (Å²) in [6, 6.07) is 9.52. The normalized spacial score (nSPS) is 15.5. The van der Waals surface area contributed by atoms with E-state index in [4.69, 9.17) is 4.74 Å². The van der Waals surface area contributed by atoms with Gasteiger partial charge in [0, 0.05) is 6.07 Å². The molecule has 1 aliphatic rings. The van der Waals surface area contributed by atoms with Crippen LogP contribution in [0, 0.1) is 5.92 Å². The van der Waals surface area contributed by atoms with E-state index in [2.05, 4.69) is 20.0 Å². The number of hydrogen-bond donors (Lipinski definition) is 3. The number of sulfonamides is 1. The number of aliphatic carboxylic acids is 1. The molecule has 1 saturated carbocycles. The van der Waals surface area contributed by atoms with E-state index in [1.54, 1.807) is 24.3 Å². The summed E-state index contributed by atoms with van der Waals surface area (Å²) in [7, 11) is -2.54. The van der Waals surface area contributed by atoms with Crippen LogP contribution in [0.5, 0.6) is 5.88 Å². The Balaban J connectivity index is 1.57. The van der Waals surface area contributed by atoms with Crippen molar-refractivity contribution in [2.75, 3.05) is 12.4 Å². The average molecular weight is 547 g/mol. The van der Waals surface area contributed by atoms with E-state index in [0.29, 0.717) is 39.3 Å². The van der Waals surface area contributed by atoms with Crippen molar-refractivity contribution >= 4 is 48.7 Å². The van der Waals surface area contributed by atoms with Gasteiger partial charge in [0.2, 0.25) is 21.8 Å². The van der Waals surface area contributed by atoms with Gasteiger partial charge in [-0.2, -0.15) is 4.72 Å². The first kappa shape index (κ1) is 27.0. The van der Waals surface area contributed by atoms with Crippen LogP contribution in [0.4, 0.5) is 5.13 Å². The number of ether oxygens (including phenoxy) is 1. The second kappa shape index (κ2) is 10.7. The van der Waals surface area contributed by atoms with E-state index in [1.165, 1.54) is 44.4 Å². The van der Waals surface area contributed by atoms with Crippen molar-refractivity contribution in [3.8, 4) is 5.88 Å². The summed E-state index contributed by atoms with van der Waals surface area (Å²) in [6.07, 6.45) is 5.00. The molecule has 3 aromatic rings. The number of hydrogen-bond acceptors (Lipinski definition) is 8. The van der Waals surface area contributed by atoms with Crippen molar-refractivity contribution in [2.45, 2.75) is 62.3 Å². The first-order valence-electron chi connectivity index (χ1n) is 12.0. The molecular formula is C25H30N4O6S2. The van der Waals surface area contributed by atoms with Crippen LogP contribution in [-0.4, -0.2) is 48.0 Å². The number of thiazole rings is 1. The molecule has 1 fully saturated rings. The topological polar surface area (TPSA) is 148 Å². The number of aromatic nitrogens is 2. The minimum Gasteiger partial charge on any atom is -0.481 e. The number of benzene rings is 1. The lowest BCUT2D eigenvalue weighted by atomic mass is 9.87. The van der Waals surface area contributed by atoms with Gasteiger partial charge in [-0.15, -0.1) is 0 Å². The number of nitrogens with one attached hydrogen (secondary N) is 2. The quantitative estimate of drug-likeness (QED) is 0.344. The molecule has 12 heteroatoms. The highest BCUT2D eigenvalue weighted by Gasteiger charge is 2.33. The third-order valence-electron chi connectivity index (χ3n) is 6.55. The summed E-state index contributed by atoms with van der Waals surface area (Å²) in [5.41, 5.74) is -0.333. The summed E-state index contributed by atoms with van der Waals surface area (Å²) >= 11 is 1.25. The molecule has 1 amide bonds. The fraction of sp³-hybridized carbons (Fsp3) is 0.440. The minimum atomic E-state index is -4.07. The van der Waals surface area contributed by atoms with E-state index >= 15 is 0 Å². The van der Waals surface area contributed by atoms with Crippen LogP contribution in [0.15, 0.2) is 41.3 Å². The van der Waals surface area contributed by atoms with Gasteiger partial charge in [-0.1, -0.05) is 49.2 Å². The molecule has 1 aromatic carbocycles. The Labute approximate surface area is 219 Å². The number of carbonyl (C=O) groups excluding carboxylic acids is 1. The predicted molar refractivity (Wildman–Crippen MR) is 140 cm³/mol. The van der Waals surface area contributed by atoms with Gasteiger partial charge in [0.05, 0.1) is 17.9 Å². The molecule has 10 nitrogen and oxygen atoms in total. The summed E-state index contributed by atoms with van der Waals surface area (Å²) in [5.74, 6) is -1.15. The van der Waals surface area contributed by atoms with Crippen molar-refractivity contribution in [2.24, 2.45) is 5.92 Å². The summed E-state index contributed by atoms with van der Waals surface area (Å²) in [6.45, 7) is 2.55. The third kappa shape index (κ3) is 6.25. The summed E-state index contributed by atoms with van der Waals surface area (Å²) in [4.78, 5) is 34.2. The van der Waals surface area contributed by atoms with Crippen molar-refractivity contribution in [3.05, 3.63) is 42.0 Å².